The van der Waals surface area contributed by atoms with Gasteiger partial charge in [-0.25, -0.2) is 0 Å². The van der Waals surface area contributed by atoms with E-state index in [1.54, 1.807) is 0 Å². The normalized spacial score (nSPS) is 14.2. The summed E-state index contributed by atoms with van der Waals surface area (Å²) in [6.45, 7) is 1.78. The van der Waals surface area contributed by atoms with Crippen LogP contribution in [0, 0.1) is 0 Å². The molecule has 2 nitrogen and oxygen atoms in total. The molecule has 0 aliphatic carbocycles. The fourth-order valence-electron chi connectivity index (χ4n) is 1.94. The zero-order chi connectivity index (χ0) is 18.8. The summed E-state index contributed by atoms with van der Waals surface area (Å²) < 4.78 is 100. The van der Waals surface area contributed by atoms with E-state index in [0.29, 0.717) is 12.8 Å². The fraction of sp³-hybridized carbons (Fsp3) is 1.00. The Balaban J connectivity index is 4.07. The van der Waals surface area contributed by atoms with Gasteiger partial charge < -0.3 is 0 Å². The zero-order valence-corrected chi connectivity index (χ0v) is 16.3. The van der Waals surface area contributed by atoms with Crippen LogP contribution in [0.25, 0.3) is 0 Å². The summed E-state index contributed by atoms with van der Waals surface area (Å²) in [5.74, 6) is -11.6. The van der Waals surface area contributed by atoms with Crippen molar-refractivity contribution < 1.29 is 36.9 Å². The van der Waals surface area contributed by atoms with Crippen molar-refractivity contribution in [1.29, 1.82) is 0 Å². The molecule has 0 saturated heterocycles. The average Bonchev–Trinajstić information content (AvgIpc) is 2.51. The Kier molecular flexibility index (Phi) is 11.7. The molecule has 0 aromatic rings. The Morgan fingerprint density at radius 2 is 1.29 bits per heavy atom. The molecule has 0 N–H and O–H groups in total. The van der Waals surface area contributed by atoms with E-state index in [1.807, 2.05) is 0 Å². The van der Waals surface area contributed by atoms with E-state index in [2.05, 4.69) is 10.00 Å². The molecule has 0 bridgehead atoms. The van der Waals surface area contributed by atoms with Crippen LogP contribution in [0.3, 0.4) is 0 Å². The second-order valence-electron chi connectivity index (χ2n) is 5.55. The first-order valence-corrected chi connectivity index (χ1v) is 11.9. The second kappa shape index (κ2) is 11.6. The van der Waals surface area contributed by atoms with Crippen LogP contribution in [-0.2, 0) is 6.15 Å². The van der Waals surface area contributed by atoms with Gasteiger partial charge in [0, 0.05) is 0 Å². The summed E-state index contributed by atoms with van der Waals surface area (Å²) >= 11 is -5.23. The van der Waals surface area contributed by atoms with Crippen molar-refractivity contribution in [3.63, 3.8) is 0 Å². The first kappa shape index (κ1) is 24.1. The van der Waals surface area contributed by atoms with Crippen LogP contribution in [0.5, 0.6) is 0 Å². The van der Waals surface area contributed by atoms with Gasteiger partial charge in [0.1, 0.15) is 0 Å². The quantitative estimate of drug-likeness (QED) is 0.189. The molecule has 0 rings (SSSR count). The molecule has 0 aliphatic rings. The minimum atomic E-state index is -5.88. The molecular weight excluding hydrogens is 452 g/mol. The van der Waals surface area contributed by atoms with Crippen LogP contribution >= 0.6 is 0 Å². The fourth-order valence-corrected chi connectivity index (χ4v) is 4.74. The molecule has 144 valence electrons. The average molecular weight is 475 g/mol. The molecule has 0 amide bonds. The maximum atomic E-state index is 13.3. The molecular formula is C14H23F7O2Sn. The molecule has 0 aromatic heterocycles. The van der Waals surface area contributed by atoms with Gasteiger partial charge >= 0.3 is 144 Å². The van der Waals surface area contributed by atoms with Crippen molar-refractivity contribution in [2.75, 3.05) is 6.61 Å². The molecule has 10 heteroatoms. The third kappa shape index (κ3) is 7.53. The molecule has 1 atom stereocenters. The van der Waals surface area contributed by atoms with Gasteiger partial charge in [-0.1, -0.05) is 0 Å². The third-order valence-electron chi connectivity index (χ3n) is 3.49. The van der Waals surface area contributed by atoms with Crippen molar-refractivity contribution in [3.8, 4) is 0 Å². The number of alkyl halides is 7. The molecule has 0 heterocycles. The molecule has 0 radical (unpaired) electrons. The molecule has 0 saturated carbocycles. The van der Waals surface area contributed by atoms with Gasteiger partial charge in [-0.3, -0.25) is 0 Å². The number of unbranched alkanes of at least 4 members (excludes halogenated alkanes) is 7. The monoisotopic (exact) mass is 476 g/mol. The van der Waals surface area contributed by atoms with Crippen molar-refractivity contribution in [3.05, 3.63) is 0 Å². The molecule has 1 unspecified atom stereocenters. The Hall–Kier alpha value is 0.0687. The molecule has 0 aliphatic heterocycles. The predicted molar refractivity (Wildman–Crippen MR) is 75.8 cm³/mol. The van der Waals surface area contributed by atoms with Crippen molar-refractivity contribution in [2.45, 2.75) is 80.7 Å². The SMILES string of the molecule is CCCCCCCCCC[O][Sn](=[O])[CH](F)C(F)(F)C(F)(F)C(F)F. The summed E-state index contributed by atoms with van der Waals surface area (Å²) in [6, 6.07) is 0. The van der Waals surface area contributed by atoms with E-state index in [-0.39, 0.29) is 6.61 Å². The van der Waals surface area contributed by atoms with Crippen molar-refractivity contribution in [1.82, 2.24) is 0 Å². The van der Waals surface area contributed by atoms with Gasteiger partial charge in [-0.05, 0) is 0 Å². The Morgan fingerprint density at radius 3 is 1.75 bits per heavy atom. The number of rotatable bonds is 14. The van der Waals surface area contributed by atoms with E-state index in [9.17, 15) is 33.8 Å². The molecule has 0 spiro atoms. The van der Waals surface area contributed by atoms with Gasteiger partial charge in [0.25, 0.3) is 0 Å². The van der Waals surface area contributed by atoms with Crippen LogP contribution in [0.2, 0.25) is 0 Å². The topological polar surface area (TPSA) is 26.3 Å². The first-order valence-electron chi connectivity index (χ1n) is 7.93. The van der Waals surface area contributed by atoms with E-state index in [0.717, 1.165) is 38.5 Å². The maximum absolute atomic E-state index is 13.3. The zero-order valence-electron chi connectivity index (χ0n) is 13.5. The number of halogens is 7. The van der Waals surface area contributed by atoms with Crippen LogP contribution in [0.15, 0.2) is 0 Å². The Bertz CT molecular complexity index is 367. The van der Waals surface area contributed by atoms with E-state index in [1.165, 1.54) is 0 Å². The Labute approximate surface area is 144 Å². The summed E-state index contributed by atoms with van der Waals surface area (Å²) in [5, 5.41) is 0. The standard InChI is InChI=1S/C10H21O.C4H2F7.O.Sn/c1-2-3-4-5-6-7-8-9-10-11;5-1-3(8,9)4(10,11)2(6)7;;/h2-10H2,1H3;1-2H;;/q-1;;;+1. The Morgan fingerprint density at radius 1 is 0.833 bits per heavy atom. The molecule has 24 heavy (non-hydrogen) atoms. The summed E-state index contributed by atoms with van der Waals surface area (Å²) in [6.07, 6.45) is 2.44. The number of hydrogen-bond acceptors (Lipinski definition) is 2. The van der Waals surface area contributed by atoms with Crippen LogP contribution in [0.4, 0.5) is 30.7 Å². The first-order chi connectivity index (χ1) is 11.1. The predicted octanol–water partition coefficient (Wildman–Crippen LogP) is 5.48. The molecule has 0 fully saturated rings. The van der Waals surface area contributed by atoms with Gasteiger partial charge in [-0.15, -0.1) is 0 Å². The number of hydrogen-bond donors (Lipinski definition) is 0. The van der Waals surface area contributed by atoms with Gasteiger partial charge in [0.05, 0.1) is 0 Å². The van der Waals surface area contributed by atoms with Crippen LogP contribution < -0.4 is 0 Å². The van der Waals surface area contributed by atoms with Gasteiger partial charge in [0.2, 0.25) is 0 Å². The van der Waals surface area contributed by atoms with Crippen molar-refractivity contribution in [2.24, 2.45) is 0 Å². The van der Waals surface area contributed by atoms with E-state index >= 15 is 0 Å². The third-order valence-corrected chi connectivity index (χ3v) is 7.10. The molecule has 0 aromatic carbocycles. The van der Waals surface area contributed by atoms with Gasteiger partial charge in [-0.2, -0.15) is 0 Å². The van der Waals surface area contributed by atoms with Crippen LogP contribution in [-0.4, -0.2) is 49.2 Å². The van der Waals surface area contributed by atoms with Crippen LogP contribution in [0.1, 0.15) is 58.3 Å². The second-order valence-corrected chi connectivity index (χ2v) is 9.64. The van der Waals surface area contributed by atoms with E-state index in [4.69, 9.17) is 0 Å². The van der Waals surface area contributed by atoms with E-state index < -0.39 is 42.6 Å². The minimum absolute atomic E-state index is 0.302. The van der Waals surface area contributed by atoms with Crippen molar-refractivity contribution >= 4 is 20.2 Å². The summed E-state index contributed by atoms with van der Waals surface area (Å²) in [5.41, 5.74) is 0. The summed E-state index contributed by atoms with van der Waals surface area (Å²) in [4.78, 5) is 0. The summed E-state index contributed by atoms with van der Waals surface area (Å²) in [7, 11) is 0. The van der Waals surface area contributed by atoms with Gasteiger partial charge in [0.15, 0.2) is 0 Å².